The maximum absolute atomic E-state index is 13.1. The summed E-state index contributed by atoms with van der Waals surface area (Å²) in [6.07, 6.45) is -0.618. The van der Waals surface area contributed by atoms with E-state index in [0.29, 0.717) is 11.3 Å². The monoisotopic (exact) mass is 277 g/mol. The summed E-state index contributed by atoms with van der Waals surface area (Å²) in [6.45, 7) is 1.62. The molecule has 0 amide bonds. The van der Waals surface area contributed by atoms with E-state index in [-0.39, 0.29) is 11.4 Å². The normalized spacial score (nSPS) is 11.9. The Morgan fingerprint density at radius 1 is 1.25 bits per heavy atom. The van der Waals surface area contributed by atoms with Gasteiger partial charge in [-0.3, -0.25) is 10.1 Å². The lowest BCUT2D eigenvalue weighted by Gasteiger charge is -2.08. The fraction of sp³-hybridized carbons (Fsp3) is 0.143. The van der Waals surface area contributed by atoms with Crippen molar-refractivity contribution in [2.75, 3.05) is 0 Å². The largest absolute Gasteiger partial charge is 0.450 e. The predicted octanol–water partition coefficient (Wildman–Crippen LogP) is 3.58. The average Bonchev–Trinajstić information content (AvgIpc) is 2.39. The molecule has 1 atom stereocenters. The highest BCUT2D eigenvalue weighted by atomic mass is 19.1. The number of halogens is 1. The number of rotatable bonds is 4. The SMILES string of the molecule is C[C@@H](O)c1ccc(Oc2cc(F)ccc2[N+](=O)[O-])cc1. The number of benzene rings is 2. The molecule has 1 N–H and O–H groups in total. The fourth-order valence-corrected chi connectivity index (χ4v) is 1.66. The molecule has 6 heteroatoms. The molecule has 5 nitrogen and oxygen atoms in total. The average molecular weight is 277 g/mol. The summed E-state index contributed by atoms with van der Waals surface area (Å²) in [5.41, 5.74) is 0.372. The van der Waals surface area contributed by atoms with Crippen molar-refractivity contribution in [2.24, 2.45) is 0 Å². The Bertz CT molecular complexity index is 626. The molecule has 0 spiro atoms. The van der Waals surface area contributed by atoms with Crippen LogP contribution in [0.15, 0.2) is 42.5 Å². The molecule has 0 unspecified atom stereocenters. The molecule has 0 heterocycles. The quantitative estimate of drug-likeness (QED) is 0.684. The second-order valence-electron chi connectivity index (χ2n) is 4.22. The first-order valence-corrected chi connectivity index (χ1v) is 5.87. The zero-order valence-corrected chi connectivity index (χ0v) is 10.6. The fourth-order valence-electron chi connectivity index (χ4n) is 1.66. The minimum absolute atomic E-state index is 0.167. The van der Waals surface area contributed by atoms with Gasteiger partial charge in [-0.15, -0.1) is 0 Å². The van der Waals surface area contributed by atoms with Gasteiger partial charge in [-0.1, -0.05) is 12.1 Å². The van der Waals surface area contributed by atoms with E-state index in [4.69, 9.17) is 4.74 Å². The third-order valence-electron chi connectivity index (χ3n) is 2.71. The van der Waals surface area contributed by atoms with Gasteiger partial charge in [0.05, 0.1) is 11.0 Å². The van der Waals surface area contributed by atoms with Crippen LogP contribution in [0, 0.1) is 15.9 Å². The van der Waals surface area contributed by atoms with Gasteiger partial charge < -0.3 is 9.84 Å². The Kier molecular flexibility index (Phi) is 3.95. The number of nitro groups is 1. The number of nitrogens with zero attached hydrogens (tertiary/aromatic N) is 1. The van der Waals surface area contributed by atoms with Gasteiger partial charge in [-0.25, -0.2) is 4.39 Å². The molecule has 0 saturated heterocycles. The van der Waals surface area contributed by atoms with Crippen LogP contribution in [0.25, 0.3) is 0 Å². The van der Waals surface area contributed by atoms with Gasteiger partial charge in [0.15, 0.2) is 0 Å². The van der Waals surface area contributed by atoms with E-state index >= 15 is 0 Å². The first-order chi connectivity index (χ1) is 9.47. The molecule has 0 fully saturated rings. The van der Waals surface area contributed by atoms with Crippen molar-refractivity contribution in [3.63, 3.8) is 0 Å². The van der Waals surface area contributed by atoms with Gasteiger partial charge in [0.25, 0.3) is 0 Å². The van der Waals surface area contributed by atoms with Gasteiger partial charge in [-0.2, -0.15) is 0 Å². The molecule has 20 heavy (non-hydrogen) atoms. The van der Waals surface area contributed by atoms with Gasteiger partial charge in [0.2, 0.25) is 5.75 Å². The van der Waals surface area contributed by atoms with Crippen molar-refractivity contribution in [1.82, 2.24) is 0 Å². The van der Waals surface area contributed by atoms with Gasteiger partial charge >= 0.3 is 5.69 Å². The standard InChI is InChI=1S/C14H12FNO4/c1-9(17)10-2-5-12(6-3-10)20-14-8-11(15)4-7-13(14)16(18)19/h2-9,17H,1H3/t9-/m1/s1. The molecule has 2 aromatic rings. The zero-order chi connectivity index (χ0) is 14.7. The lowest BCUT2D eigenvalue weighted by atomic mass is 10.1. The van der Waals surface area contributed by atoms with E-state index in [2.05, 4.69) is 0 Å². The van der Waals surface area contributed by atoms with Crippen molar-refractivity contribution in [2.45, 2.75) is 13.0 Å². The van der Waals surface area contributed by atoms with Gasteiger partial charge in [-0.05, 0) is 30.7 Å². The first-order valence-electron chi connectivity index (χ1n) is 5.87. The van der Waals surface area contributed by atoms with Crippen LogP contribution in [-0.2, 0) is 0 Å². The summed E-state index contributed by atoms with van der Waals surface area (Å²) < 4.78 is 18.5. The van der Waals surface area contributed by atoms with E-state index in [9.17, 15) is 19.6 Å². The summed E-state index contributed by atoms with van der Waals surface area (Å²) in [7, 11) is 0. The van der Waals surface area contributed by atoms with Crippen LogP contribution in [-0.4, -0.2) is 10.0 Å². The molecule has 104 valence electrons. The minimum atomic E-state index is -0.640. The Balaban J connectivity index is 2.29. The number of aliphatic hydroxyl groups excluding tert-OH is 1. The molecule has 0 bridgehead atoms. The molecule has 0 saturated carbocycles. The topological polar surface area (TPSA) is 72.6 Å². The lowest BCUT2D eigenvalue weighted by Crippen LogP contribution is -1.95. The van der Waals surface area contributed by atoms with E-state index in [1.165, 1.54) is 0 Å². The van der Waals surface area contributed by atoms with E-state index in [0.717, 1.165) is 18.2 Å². The number of hydrogen-bond donors (Lipinski definition) is 1. The molecular weight excluding hydrogens is 265 g/mol. The highest BCUT2D eigenvalue weighted by Gasteiger charge is 2.16. The van der Waals surface area contributed by atoms with E-state index < -0.39 is 16.8 Å². The summed E-state index contributed by atoms with van der Waals surface area (Å²) in [6, 6.07) is 9.38. The maximum atomic E-state index is 13.1. The Morgan fingerprint density at radius 3 is 2.45 bits per heavy atom. The highest BCUT2D eigenvalue weighted by Crippen LogP contribution is 2.32. The summed E-state index contributed by atoms with van der Waals surface area (Å²) >= 11 is 0. The third-order valence-corrected chi connectivity index (χ3v) is 2.71. The van der Waals surface area contributed by atoms with Crippen LogP contribution in [0.1, 0.15) is 18.6 Å². The Hall–Kier alpha value is -2.47. The second kappa shape index (κ2) is 5.66. The molecule has 0 aliphatic carbocycles. The smallest absolute Gasteiger partial charge is 0.311 e. The summed E-state index contributed by atoms with van der Waals surface area (Å²) in [5.74, 6) is -0.464. The molecule has 0 aromatic heterocycles. The van der Waals surface area contributed by atoms with Crippen LogP contribution in [0.5, 0.6) is 11.5 Å². The zero-order valence-electron chi connectivity index (χ0n) is 10.6. The second-order valence-corrected chi connectivity index (χ2v) is 4.22. The van der Waals surface area contributed by atoms with Crippen LogP contribution in [0.2, 0.25) is 0 Å². The van der Waals surface area contributed by atoms with Crippen LogP contribution >= 0.6 is 0 Å². The first kappa shape index (κ1) is 14.0. The molecule has 0 aliphatic heterocycles. The maximum Gasteiger partial charge on any atom is 0.311 e. The van der Waals surface area contributed by atoms with Crippen LogP contribution < -0.4 is 4.74 Å². The lowest BCUT2D eigenvalue weighted by molar-refractivity contribution is -0.385. The highest BCUT2D eigenvalue weighted by molar-refractivity contribution is 5.48. The molecule has 0 aliphatic rings. The van der Waals surface area contributed by atoms with Crippen molar-refractivity contribution in [1.29, 1.82) is 0 Å². The predicted molar refractivity (Wildman–Crippen MR) is 70.2 cm³/mol. The van der Waals surface area contributed by atoms with Gasteiger partial charge in [0.1, 0.15) is 11.6 Å². The summed E-state index contributed by atoms with van der Waals surface area (Å²) in [4.78, 5) is 10.2. The van der Waals surface area contributed by atoms with E-state index in [1.54, 1.807) is 31.2 Å². The third kappa shape index (κ3) is 3.10. The Morgan fingerprint density at radius 2 is 1.90 bits per heavy atom. The molecule has 0 radical (unpaired) electrons. The number of ether oxygens (including phenoxy) is 1. The number of nitro benzene ring substituents is 1. The Labute approximate surface area is 114 Å². The number of aliphatic hydroxyl groups is 1. The van der Waals surface area contributed by atoms with E-state index in [1.807, 2.05) is 0 Å². The van der Waals surface area contributed by atoms with Crippen molar-refractivity contribution in [3.05, 3.63) is 64.0 Å². The number of hydrogen-bond acceptors (Lipinski definition) is 4. The van der Waals surface area contributed by atoms with Crippen molar-refractivity contribution in [3.8, 4) is 11.5 Å². The van der Waals surface area contributed by atoms with Crippen molar-refractivity contribution >= 4 is 5.69 Å². The minimum Gasteiger partial charge on any atom is -0.450 e. The molecule has 2 rings (SSSR count). The van der Waals surface area contributed by atoms with Crippen molar-refractivity contribution < 1.29 is 19.2 Å². The summed E-state index contributed by atoms with van der Waals surface area (Å²) in [5, 5.41) is 20.2. The van der Waals surface area contributed by atoms with Crippen LogP contribution in [0.4, 0.5) is 10.1 Å². The molecular formula is C14H12FNO4. The van der Waals surface area contributed by atoms with Gasteiger partial charge in [0, 0.05) is 12.1 Å². The molecule has 2 aromatic carbocycles. The van der Waals surface area contributed by atoms with Crippen LogP contribution in [0.3, 0.4) is 0 Å².